The van der Waals surface area contributed by atoms with Crippen molar-refractivity contribution in [2.45, 2.75) is 0 Å². The summed E-state index contributed by atoms with van der Waals surface area (Å²) in [5, 5.41) is 9.20. The Bertz CT molecular complexity index is 691. The Hall–Kier alpha value is -2.67. The molecule has 2 rings (SSSR count). The van der Waals surface area contributed by atoms with Gasteiger partial charge < -0.3 is 14.6 Å². The molecule has 0 aliphatic carbocycles. The number of carbonyl (C=O) groups is 1. The van der Waals surface area contributed by atoms with E-state index in [2.05, 4.69) is 15.0 Å². The Labute approximate surface area is 124 Å². The number of halogens is 1. The van der Waals surface area contributed by atoms with Crippen molar-refractivity contribution in [3.63, 3.8) is 0 Å². The number of carboxylic acids is 1. The highest BCUT2D eigenvalue weighted by Crippen LogP contribution is 2.29. The molecule has 0 saturated carbocycles. The number of aromatic nitrogens is 3. The normalized spacial score (nSPS) is 11.0. The van der Waals surface area contributed by atoms with Crippen LogP contribution >= 0.6 is 11.6 Å². The summed E-state index contributed by atoms with van der Waals surface area (Å²) in [5.41, 5.74) is 0.261. The van der Waals surface area contributed by atoms with Crippen molar-refractivity contribution >= 4 is 23.1 Å². The summed E-state index contributed by atoms with van der Waals surface area (Å²) in [6.45, 7) is 0. The lowest BCUT2D eigenvalue weighted by Gasteiger charge is -2.10. The topological polar surface area (TPSA) is 94.4 Å². The number of nitrogens with zero attached hydrogens (tertiary/aromatic N) is 3. The predicted molar refractivity (Wildman–Crippen MR) is 74.0 cm³/mol. The summed E-state index contributed by atoms with van der Waals surface area (Å²) in [7, 11) is 1.36. The number of hydrogen-bond acceptors (Lipinski definition) is 6. The van der Waals surface area contributed by atoms with Crippen LogP contribution in [-0.4, -0.2) is 33.1 Å². The summed E-state index contributed by atoms with van der Waals surface area (Å²) in [6, 6.07) is 6.49. The fourth-order valence-electron chi connectivity index (χ4n) is 1.54. The van der Waals surface area contributed by atoms with Crippen LogP contribution in [-0.2, 0) is 9.53 Å². The largest absolute Gasteiger partial charge is 0.503 e. The van der Waals surface area contributed by atoms with Crippen molar-refractivity contribution < 1.29 is 19.4 Å². The number of para-hydroxylation sites is 1. The van der Waals surface area contributed by atoms with E-state index in [9.17, 15) is 9.90 Å². The van der Waals surface area contributed by atoms with Crippen molar-refractivity contribution in [2.24, 2.45) is 0 Å². The van der Waals surface area contributed by atoms with Crippen molar-refractivity contribution in [1.82, 2.24) is 15.0 Å². The fraction of sp³-hybridized carbons (Fsp3) is 0.0769. The minimum Gasteiger partial charge on any atom is -0.503 e. The van der Waals surface area contributed by atoms with Gasteiger partial charge in [-0.25, -0.2) is 9.78 Å². The van der Waals surface area contributed by atoms with Crippen molar-refractivity contribution in [1.29, 1.82) is 0 Å². The molecule has 2 aromatic rings. The van der Waals surface area contributed by atoms with Gasteiger partial charge in [0.15, 0.2) is 0 Å². The molecule has 0 bridgehead atoms. The highest BCUT2D eigenvalue weighted by atomic mass is 35.5. The molecule has 1 aromatic carbocycles. The van der Waals surface area contributed by atoms with E-state index in [1.54, 1.807) is 24.3 Å². The van der Waals surface area contributed by atoms with Crippen LogP contribution in [0.2, 0.25) is 5.28 Å². The molecular weight excluding hydrogens is 298 g/mol. The first kappa shape index (κ1) is 14.7. The standard InChI is InChI=1S/C13H10ClN3O4/c1-20-6-9(11(18)19)8-4-2-3-5-10(8)21-13-16-7-15-12(14)17-13/h2-7H,1H3,(H,18,19). The Morgan fingerprint density at radius 3 is 2.76 bits per heavy atom. The summed E-state index contributed by atoms with van der Waals surface area (Å²) in [5.74, 6) is -0.896. The molecule has 1 N–H and O–H groups in total. The van der Waals surface area contributed by atoms with Crippen molar-refractivity contribution in [2.75, 3.05) is 7.11 Å². The molecule has 1 aromatic heterocycles. The van der Waals surface area contributed by atoms with Gasteiger partial charge in [0.1, 0.15) is 17.6 Å². The lowest BCUT2D eigenvalue weighted by Crippen LogP contribution is -2.03. The molecule has 0 unspecified atom stereocenters. The smallest absolute Gasteiger partial charge is 0.339 e. The molecule has 0 spiro atoms. The van der Waals surface area contributed by atoms with Gasteiger partial charge in [0, 0.05) is 5.56 Å². The quantitative estimate of drug-likeness (QED) is 0.669. The second kappa shape index (κ2) is 6.67. The first-order valence-electron chi connectivity index (χ1n) is 5.70. The maximum absolute atomic E-state index is 11.3. The summed E-state index contributed by atoms with van der Waals surface area (Å²) < 4.78 is 10.2. The highest BCUT2D eigenvalue weighted by molar-refractivity contribution is 6.28. The number of benzene rings is 1. The van der Waals surface area contributed by atoms with Gasteiger partial charge in [-0.3, -0.25) is 0 Å². The highest BCUT2D eigenvalue weighted by Gasteiger charge is 2.17. The molecule has 0 aliphatic rings. The molecule has 0 fully saturated rings. The van der Waals surface area contributed by atoms with Gasteiger partial charge >= 0.3 is 12.0 Å². The van der Waals surface area contributed by atoms with Crippen LogP contribution in [0.5, 0.6) is 11.8 Å². The number of aliphatic carboxylic acids is 1. The molecule has 8 heteroatoms. The number of hydrogen-bond donors (Lipinski definition) is 1. The zero-order valence-corrected chi connectivity index (χ0v) is 11.6. The Morgan fingerprint density at radius 1 is 1.33 bits per heavy atom. The zero-order valence-electron chi connectivity index (χ0n) is 10.9. The van der Waals surface area contributed by atoms with Gasteiger partial charge in [-0.2, -0.15) is 9.97 Å². The van der Waals surface area contributed by atoms with Crippen molar-refractivity contribution in [3.8, 4) is 11.8 Å². The zero-order chi connectivity index (χ0) is 15.2. The second-order valence-corrected chi connectivity index (χ2v) is 4.05. The van der Waals surface area contributed by atoms with Crippen molar-refractivity contribution in [3.05, 3.63) is 47.7 Å². The molecule has 0 amide bonds. The van der Waals surface area contributed by atoms with E-state index in [1.807, 2.05) is 0 Å². The lowest BCUT2D eigenvalue weighted by molar-refractivity contribution is -0.130. The Balaban J connectivity index is 2.41. The Morgan fingerprint density at radius 2 is 2.10 bits per heavy atom. The molecule has 0 saturated heterocycles. The van der Waals surface area contributed by atoms with Crippen LogP contribution in [0, 0.1) is 0 Å². The maximum Gasteiger partial charge on any atom is 0.339 e. The van der Waals surface area contributed by atoms with E-state index in [4.69, 9.17) is 21.1 Å². The fourth-order valence-corrected chi connectivity index (χ4v) is 1.65. The van der Waals surface area contributed by atoms with E-state index in [0.29, 0.717) is 5.56 Å². The number of methoxy groups -OCH3 is 1. The average Bonchev–Trinajstić information content (AvgIpc) is 2.45. The molecule has 1 heterocycles. The molecule has 7 nitrogen and oxygen atoms in total. The van der Waals surface area contributed by atoms with Crippen LogP contribution in [0.15, 0.2) is 36.9 Å². The van der Waals surface area contributed by atoms with Crippen LogP contribution in [0.3, 0.4) is 0 Å². The van der Waals surface area contributed by atoms with E-state index in [-0.39, 0.29) is 22.6 Å². The number of ether oxygens (including phenoxy) is 2. The van der Waals surface area contributed by atoms with Crippen LogP contribution in [0.25, 0.3) is 5.57 Å². The average molecular weight is 308 g/mol. The summed E-state index contributed by atoms with van der Waals surface area (Å²) >= 11 is 5.65. The van der Waals surface area contributed by atoms with Crippen LogP contribution in [0.4, 0.5) is 0 Å². The maximum atomic E-state index is 11.3. The first-order valence-corrected chi connectivity index (χ1v) is 6.07. The van der Waals surface area contributed by atoms with Gasteiger partial charge in [-0.1, -0.05) is 18.2 Å². The molecule has 21 heavy (non-hydrogen) atoms. The van der Waals surface area contributed by atoms with E-state index < -0.39 is 5.97 Å². The van der Waals surface area contributed by atoms with Gasteiger partial charge in [-0.15, -0.1) is 0 Å². The van der Waals surface area contributed by atoms with Crippen LogP contribution in [0.1, 0.15) is 5.56 Å². The summed E-state index contributed by atoms with van der Waals surface area (Å²) in [6.07, 6.45) is 2.31. The van der Waals surface area contributed by atoms with Gasteiger partial charge in [0.05, 0.1) is 13.4 Å². The van der Waals surface area contributed by atoms with Crippen LogP contribution < -0.4 is 4.74 Å². The molecular formula is C13H10ClN3O4. The monoisotopic (exact) mass is 307 g/mol. The predicted octanol–water partition coefficient (Wildman–Crippen LogP) is 2.39. The molecule has 0 radical (unpaired) electrons. The first-order chi connectivity index (χ1) is 10.1. The van der Waals surface area contributed by atoms with E-state index >= 15 is 0 Å². The number of carboxylic acid groups (broad SMARTS) is 1. The SMILES string of the molecule is COC=C(C(=O)O)c1ccccc1Oc1ncnc(Cl)n1. The molecule has 108 valence electrons. The third kappa shape index (κ3) is 3.67. The minimum absolute atomic E-state index is 0.0247. The molecule has 0 aliphatic heterocycles. The van der Waals surface area contributed by atoms with E-state index in [1.165, 1.54) is 13.4 Å². The van der Waals surface area contributed by atoms with E-state index in [0.717, 1.165) is 6.26 Å². The summed E-state index contributed by atoms with van der Waals surface area (Å²) in [4.78, 5) is 22.5. The van der Waals surface area contributed by atoms with Gasteiger partial charge in [-0.05, 0) is 17.7 Å². The second-order valence-electron chi connectivity index (χ2n) is 3.71. The molecule has 0 atom stereocenters. The minimum atomic E-state index is -1.15. The third-order valence-electron chi connectivity index (χ3n) is 2.36. The number of rotatable bonds is 5. The van der Waals surface area contributed by atoms with Gasteiger partial charge in [0.2, 0.25) is 5.28 Å². The van der Waals surface area contributed by atoms with Gasteiger partial charge in [0.25, 0.3) is 0 Å². The lowest BCUT2D eigenvalue weighted by atomic mass is 10.1. The Kier molecular flexibility index (Phi) is 4.68. The third-order valence-corrected chi connectivity index (χ3v) is 2.55.